The van der Waals surface area contributed by atoms with Crippen LogP contribution < -0.4 is 14.8 Å². The molecule has 2 aromatic carbocycles. The van der Waals surface area contributed by atoms with Gasteiger partial charge in [0.15, 0.2) is 6.61 Å². The molecular weight excluding hydrogens is 496 g/mol. The summed E-state index contributed by atoms with van der Waals surface area (Å²) in [4.78, 5) is 27.3. The maximum Gasteiger partial charge on any atom is 0.344 e. The predicted octanol–water partition coefficient (Wildman–Crippen LogP) is 5.36. The van der Waals surface area contributed by atoms with E-state index in [0.29, 0.717) is 24.7 Å². The van der Waals surface area contributed by atoms with Crippen molar-refractivity contribution in [3.8, 4) is 22.8 Å². The van der Waals surface area contributed by atoms with Gasteiger partial charge < -0.3 is 19.5 Å². The molecule has 0 fully saturated rings. The van der Waals surface area contributed by atoms with Gasteiger partial charge in [0.1, 0.15) is 23.1 Å². The number of nitrogens with zero attached hydrogens (tertiary/aromatic N) is 1. The van der Waals surface area contributed by atoms with Crippen LogP contribution in [-0.4, -0.2) is 30.1 Å². The molecule has 1 heterocycles. The summed E-state index contributed by atoms with van der Waals surface area (Å²) in [6, 6.07) is 12.9. The Hall–Kier alpha value is -2.91. The zero-order valence-corrected chi connectivity index (χ0v) is 20.3. The summed E-state index contributed by atoms with van der Waals surface area (Å²) < 4.78 is 17.2. The van der Waals surface area contributed by atoms with Crippen molar-refractivity contribution in [2.24, 2.45) is 0 Å². The van der Waals surface area contributed by atoms with Crippen LogP contribution in [0.3, 0.4) is 0 Å². The maximum atomic E-state index is 11.4. The number of aromatic nitrogens is 1. The molecular formula is C23H23BrN2O5S. The summed E-state index contributed by atoms with van der Waals surface area (Å²) in [6.07, 6.45) is 0. The van der Waals surface area contributed by atoms with E-state index >= 15 is 0 Å². The summed E-state index contributed by atoms with van der Waals surface area (Å²) in [6.45, 7) is 5.62. The van der Waals surface area contributed by atoms with Crippen molar-refractivity contribution in [1.82, 2.24) is 4.98 Å². The smallest absolute Gasteiger partial charge is 0.344 e. The van der Waals surface area contributed by atoms with Crippen LogP contribution >= 0.6 is 27.3 Å². The molecule has 1 amide bonds. The van der Waals surface area contributed by atoms with Crippen LogP contribution in [0.4, 0.5) is 5.69 Å². The van der Waals surface area contributed by atoms with E-state index in [9.17, 15) is 9.59 Å². The molecule has 0 spiro atoms. The van der Waals surface area contributed by atoms with Crippen LogP contribution in [0.5, 0.6) is 11.5 Å². The van der Waals surface area contributed by atoms with Crippen LogP contribution in [-0.2, 0) is 20.9 Å². The van der Waals surface area contributed by atoms with Gasteiger partial charge in [-0.15, -0.1) is 11.3 Å². The number of ether oxygens (including phenoxy) is 3. The zero-order chi connectivity index (χ0) is 23.1. The van der Waals surface area contributed by atoms with Gasteiger partial charge in [0.25, 0.3) is 0 Å². The van der Waals surface area contributed by atoms with Gasteiger partial charge in [-0.05, 0) is 65.7 Å². The molecule has 0 bridgehead atoms. The van der Waals surface area contributed by atoms with E-state index in [1.54, 1.807) is 19.1 Å². The largest absolute Gasteiger partial charge is 0.486 e. The number of anilines is 1. The fourth-order valence-corrected chi connectivity index (χ4v) is 4.46. The lowest BCUT2D eigenvalue weighted by Gasteiger charge is -2.10. The average Bonchev–Trinajstić information content (AvgIpc) is 3.12. The van der Waals surface area contributed by atoms with Crippen LogP contribution in [0.2, 0.25) is 0 Å². The van der Waals surface area contributed by atoms with E-state index in [1.165, 1.54) is 18.3 Å². The standard InChI is InChI=1S/C23H23BrN2O5S/c1-4-29-21(28)13-31-19-10-9-18(11-14(19)2)30-12-20-26-22(23(24)32-20)16-5-7-17(8-6-16)25-15(3)27/h5-11H,4,12-13H2,1-3H3,(H,25,27). The fraction of sp³-hybridized carbons (Fsp3) is 0.261. The molecule has 0 radical (unpaired) electrons. The third-order valence-electron chi connectivity index (χ3n) is 4.27. The fourth-order valence-electron chi connectivity index (χ4n) is 2.86. The monoisotopic (exact) mass is 518 g/mol. The highest BCUT2D eigenvalue weighted by Crippen LogP contribution is 2.34. The second-order valence-corrected chi connectivity index (χ2v) is 9.20. The number of nitrogens with one attached hydrogen (secondary N) is 1. The van der Waals surface area contributed by atoms with Gasteiger partial charge in [-0.3, -0.25) is 4.79 Å². The molecule has 9 heteroatoms. The van der Waals surface area contributed by atoms with Crippen molar-refractivity contribution in [3.63, 3.8) is 0 Å². The molecule has 0 saturated carbocycles. The van der Waals surface area contributed by atoms with Crippen LogP contribution in [0.15, 0.2) is 46.3 Å². The first-order valence-electron chi connectivity index (χ1n) is 9.90. The van der Waals surface area contributed by atoms with Crippen molar-refractivity contribution in [2.45, 2.75) is 27.4 Å². The van der Waals surface area contributed by atoms with E-state index in [-0.39, 0.29) is 12.5 Å². The van der Waals surface area contributed by atoms with Crippen molar-refractivity contribution in [2.75, 3.05) is 18.5 Å². The number of hydrogen-bond acceptors (Lipinski definition) is 7. The molecule has 0 saturated heterocycles. The second kappa shape index (κ2) is 11.1. The Morgan fingerprint density at radius 3 is 2.53 bits per heavy atom. The van der Waals surface area contributed by atoms with Crippen LogP contribution in [0, 0.1) is 6.92 Å². The topological polar surface area (TPSA) is 86.8 Å². The average molecular weight is 519 g/mol. The molecule has 7 nitrogen and oxygen atoms in total. The molecule has 0 unspecified atom stereocenters. The number of carbonyl (C=O) groups excluding carboxylic acids is 2. The van der Waals surface area contributed by atoms with E-state index in [4.69, 9.17) is 14.2 Å². The van der Waals surface area contributed by atoms with Crippen molar-refractivity contribution < 1.29 is 23.8 Å². The molecule has 1 N–H and O–H groups in total. The molecule has 0 aliphatic carbocycles. The lowest BCUT2D eigenvalue weighted by molar-refractivity contribution is -0.145. The van der Waals surface area contributed by atoms with Gasteiger partial charge >= 0.3 is 5.97 Å². The van der Waals surface area contributed by atoms with Crippen LogP contribution in [0.1, 0.15) is 24.4 Å². The number of esters is 1. The van der Waals surface area contributed by atoms with Crippen molar-refractivity contribution in [3.05, 3.63) is 56.8 Å². The Bertz CT molecular complexity index is 1100. The lowest BCUT2D eigenvalue weighted by atomic mass is 10.1. The molecule has 32 heavy (non-hydrogen) atoms. The Morgan fingerprint density at radius 2 is 1.88 bits per heavy atom. The first-order chi connectivity index (χ1) is 15.4. The molecule has 3 rings (SSSR count). The quantitative estimate of drug-likeness (QED) is 0.383. The zero-order valence-electron chi connectivity index (χ0n) is 17.9. The number of aryl methyl sites for hydroxylation is 1. The lowest BCUT2D eigenvalue weighted by Crippen LogP contribution is -2.14. The Balaban J connectivity index is 1.61. The van der Waals surface area contributed by atoms with Gasteiger partial charge in [0.05, 0.1) is 16.1 Å². The normalized spacial score (nSPS) is 10.5. The third-order valence-corrected chi connectivity index (χ3v) is 5.95. The van der Waals surface area contributed by atoms with Gasteiger partial charge in [-0.2, -0.15) is 0 Å². The van der Waals surface area contributed by atoms with Crippen LogP contribution in [0.25, 0.3) is 11.3 Å². The summed E-state index contributed by atoms with van der Waals surface area (Å²) in [5, 5.41) is 3.57. The Kier molecular flexibility index (Phi) is 8.24. The minimum absolute atomic E-state index is 0.110. The Labute approximate surface area is 198 Å². The Morgan fingerprint density at radius 1 is 1.12 bits per heavy atom. The minimum Gasteiger partial charge on any atom is -0.486 e. The highest BCUT2D eigenvalue weighted by atomic mass is 79.9. The molecule has 1 aromatic heterocycles. The minimum atomic E-state index is -0.401. The third kappa shape index (κ3) is 6.54. The van der Waals surface area contributed by atoms with Crippen molar-refractivity contribution >= 4 is 44.8 Å². The molecule has 0 aliphatic heterocycles. The molecule has 0 aliphatic rings. The van der Waals surface area contributed by atoms with Gasteiger partial charge in [-0.25, -0.2) is 9.78 Å². The highest BCUT2D eigenvalue weighted by Gasteiger charge is 2.13. The number of rotatable bonds is 9. The molecule has 0 atom stereocenters. The van der Waals surface area contributed by atoms with E-state index in [0.717, 1.165) is 31.3 Å². The number of thiazole rings is 1. The summed E-state index contributed by atoms with van der Waals surface area (Å²) in [5.41, 5.74) is 3.35. The van der Waals surface area contributed by atoms with Gasteiger partial charge in [-0.1, -0.05) is 12.1 Å². The van der Waals surface area contributed by atoms with E-state index in [2.05, 4.69) is 26.2 Å². The first kappa shape index (κ1) is 23.7. The number of benzene rings is 2. The second-order valence-electron chi connectivity index (χ2n) is 6.80. The highest BCUT2D eigenvalue weighted by molar-refractivity contribution is 9.11. The molecule has 168 valence electrons. The number of amides is 1. The van der Waals surface area contributed by atoms with Gasteiger partial charge in [0, 0.05) is 18.2 Å². The van der Waals surface area contributed by atoms with E-state index < -0.39 is 5.97 Å². The summed E-state index contributed by atoms with van der Waals surface area (Å²) >= 11 is 5.08. The SMILES string of the molecule is CCOC(=O)COc1ccc(OCc2nc(-c3ccc(NC(C)=O)cc3)c(Br)s2)cc1C. The van der Waals surface area contributed by atoms with Crippen molar-refractivity contribution in [1.29, 1.82) is 0 Å². The number of carbonyl (C=O) groups is 2. The summed E-state index contributed by atoms with van der Waals surface area (Å²) in [7, 11) is 0. The first-order valence-corrected chi connectivity index (χ1v) is 11.5. The van der Waals surface area contributed by atoms with Gasteiger partial charge in [0.2, 0.25) is 5.91 Å². The molecule has 3 aromatic rings. The number of hydrogen-bond donors (Lipinski definition) is 1. The predicted molar refractivity (Wildman–Crippen MR) is 127 cm³/mol. The maximum absolute atomic E-state index is 11.4. The number of halogens is 1. The van der Waals surface area contributed by atoms with E-state index in [1.807, 2.05) is 37.3 Å². The summed E-state index contributed by atoms with van der Waals surface area (Å²) in [5.74, 6) is 0.772.